The highest BCUT2D eigenvalue weighted by atomic mass is 32.2. The molecule has 1 aromatic carbocycles. The largest absolute Gasteiger partial charge is 0.356 e. The number of amides is 2. The summed E-state index contributed by atoms with van der Waals surface area (Å²) in [7, 11) is -3.74. The standard InChI is InChI=1S/C21H27N3O4S2/c25-19-15-18(17-9-4-3-5-10-17)24(13-7-2-1-6-12-22-19)20(26)16-23-30(27,28)21-11-8-14-29-21/h3-5,8-11,14,18,23H,1-2,6-7,12-13,15-16H2,(H,22,25). The maximum absolute atomic E-state index is 13.1. The van der Waals surface area contributed by atoms with Crippen LogP contribution in [-0.2, 0) is 19.6 Å². The van der Waals surface area contributed by atoms with Gasteiger partial charge in [0.15, 0.2) is 0 Å². The van der Waals surface area contributed by atoms with Crippen molar-refractivity contribution in [2.75, 3.05) is 19.6 Å². The van der Waals surface area contributed by atoms with Crippen LogP contribution in [0.2, 0.25) is 0 Å². The van der Waals surface area contributed by atoms with Crippen LogP contribution in [0.1, 0.15) is 43.7 Å². The smallest absolute Gasteiger partial charge is 0.250 e. The summed E-state index contributed by atoms with van der Waals surface area (Å²) in [5.74, 6) is -0.446. The highest BCUT2D eigenvalue weighted by Crippen LogP contribution is 2.26. The molecule has 2 amide bonds. The molecule has 0 spiro atoms. The summed E-state index contributed by atoms with van der Waals surface area (Å²) < 4.78 is 27.4. The van der Waals surface area contributed by atoms with E-state index in [1.54, 1.807) is 16.3 Å². The number of benzene rings is 1. The molecule has 2 N–H and O–H groups in total. The molecule has 1 aromatic heterocycles. The van der Waals surface area contributed by atoms with Crippen LogP contribution in [0, 0.1) is 0 Å². The van der Waals surface area contributed by atoms with Crippen molar-refractivity contribution < 1.29 is 18.0 Å². The Hall–Kier alpha value is -2.23. The number of carbonyl (C=O) groups excluding carboxylic acids is 2. The Morgan fingerprint density at radius 3 is 2.60 bits per heavy atom. The van der Waals surface area contributed by atoms with Crippen LogP contribution in [0.15, 0.2) is 52.1 Å². The normalized spacial score (nSPS) is 19.0. The van der Waals surface area contributed by atoms with Crippen molar-refractivity contribution >= 4 is 33.2 Å². The molecule has 1 aliphatic rings. The minimum atomic E-state index is -3.74. The number of hydrogen-bond acceptors (Lipinski definition) is 5. The molecule has 1 saturated heterocycles. The van der Waals surface area contributed by atoms with E-state index in [1.807, 2.05) is 30.3 Å². The van der Waals surface area contributed by atoms with Crippen molar-refractivity contribution in [1.29, 1.82) is 0 Å². The van der Waals surface area contributed by atoms with E-state index in [-0.39, 0.29) is 29.0 Å². The maximum Gasteiger partial charge on any atom is 0.250 e. The Balaban J connectivity index is 1.81. The van der Waals surface area contributed by atoms with Gasteiger partial charge in [-0.1, -0.05) is 49.2 Å². The van der Waals surface area contributed by atoms with E-state index >= 15 is 0 Å². The van der Waals surface area contributed by atoms with Gasteiger partial charge in [0.2, 0.25) is 11.8 Å². The topological polar surface area (TPSA) is 95.6 Å². The molecule has 2 aromatic rings. The Morgan fingerprint density at radius 2 is 1.87 bits per heavy atom. The lowest BCUT2D eigenvalue weighted by molar-refractivity contribution is -0.134. The van der Waals surface area contributed by atoms with E-state index in [0.717, 1.165) is 42.6 Å². The van der Waals surface area contributed by atoms with Crippen molar-refractivity contribution in [1.82, 2.24) is 14.9 Å². The molecule has 9 heteroatoms. The van der Waals surface area contributed by atoms with Crippen molar-refractivity contribution in [2.24, 2.45) is 0 Å². The van der Waals surface area contributed by atoms with Crippen LogP contribution in [-0.4, -0.2) is 44.8 Å². The van der Waals surface area contributed by atoms with Crippen molar-refractivity contribution in [3.05, 3.63) is 53.4 Å². The lowest BCUT2D eigenvalue weighted by atomic mass is 10.0. The van der Waals surface area contributed by atoms with E-state index in [9.17, 15) is 18.0 Å². The summed E-state index contributed by atoms with van der Waals surface area (Å²) >= 11 is 1.10. The van der Waals surface area contributed by atoms with Crippen LogP contribution in [0.25, 0.3) is 0 Å². The third-order valence-electron chi connectivity index (χ3n) is 5.08. The first-order chi connectivity index (χ1) is 14.5. The molecule has 0 saturated carbocycles. The Bertz CT molecular complexity index is 930. The average molecular weight is 450 g/mol. The fourth-order valence-corrected chi connectivity index (χ4v) is 5.53. The highest BCUT2D eigenvalue weighted by Gasteiger charge is 2.28. The molecule has 7 nitrogen and oxygen atoms in total. The van der Waals surface area contributed by atoms with Crippen LogP contribution < -0.4 is 10.0 Å². The van der Waals surface area contributed by atoms with Gasteiger partial charge in [-0.2, -0.15) is 0 Å². The van der Waals surface area contributed by atoms with E-state index in [1.165, 1.54) is 6.07 Å². The van der Waals surface area contributed by atoms with Crippen LogP contribution in [0.5, 0.6) is 0 Å². The Kier molecular flexibility index (Phi) is 8.01. The first kappa shape index (κ1) is 22.5. The zero-order chi connectivity index (χ0) is 21.4. The molecule has 0 aliphatic carbocycles. The molecule has 162 valence electrons. The van der Waals surface area contributed by atoms with E-state index in [4.69, 9.17) is 0 Å². The van der Waals surface area contributed by atoms with Crippen molar-refractivity contribution in [3.8, 4) is 0 Å². The highest BCUT2D eigenvalue weighted by molar-refractivity contribution is 7.91. The van der Waals surface area contributed by atoms with E-state index in [2.05, 4.69) is 10.0 Å². The Labute approximate surface area is 181 Å². The molecule has 1 aliphatic heterocycles. The number of nitrogens with zero attached hydrogens (tertiary/aromatic N) is 1. The summed E-state index contributed by atoms with van der Waals surface area (Å²) in [4.78, 5) is 27.3. The number of rotatable bonds is 5. The lowest BCUT2D eigenvalue weighted by Gasteiger charge is -2.32. The van der Waals surface area contributed by atoms with Gasteiger partial charge in [-0.3, -0.25) is 9.59 Å². The van der Waals surface area contributed by atoms with Crippen LogP contribution in [0.4, 0.5) is 0 Å². The third-order valence-corrected chi connectivity index (χ3v) is 7.88. The second kappa shape index (κ2) is 10.7. The van der Waals surface area contributed by atoms with Gasteiger partial charge in [0, 0.05) is 13.1 Å². The number of sulfonamides is 1. The number of hydrogen-bond donors (Lipinski definition) is 2. The molecule has 0 radical (unpaired) electrons. The van der Waals surface area contributed by atoms with Gasteiger partial charge in [-0.05, 0) is 29.9 Å². The number of carbonyl (C=O) groups is 2. The second-order valence-electron chi connectivity index (χ2n) is 7.24. The summed E-state index contributed by atoms with van der Waals surface area (Å²) in [6.07, 6.45) is 3.79. The molecule has 3 rings (SSSR count). The zero-order valence-corrected chi connectivity index (χ0v) is 18.4. The fourth-order valence-electron chi connectivity index (χ4n) is 3.52. The zero-order valence-electron chi connectivity index (χ0n) is 16.7. The molecule has 1 atom stereocenters. The van der Waals surface area contributed by atoms with Crippen molar-refractivity contribution in [3.63, 3.8) is 0 Å². The van der Waals surface area contributed by atoms with Gasteiger partial charge in [0.25, 0.3) is 10.0 Å². The van der Waals surface area contributed by atoms with Crippen LogP contribution in [0.3, 0.4) is 0 Å². The predicted octanol–water partition coefficient (Wildman–Crippen LogP) is 2.68. The first-order valence-electron chi connectivity index (χ1n) is 10.1. The van der Waals surface area contributed by atoms with Gasteiger partial charge < -0.3 is 10.2 Å². The van der Waals surface area contributed by atoms with Gasteiger partial charge >= 0.3 is 0 Å². The molecule has 1 unspecified atom stereocenters. The van der Waals surface area contributed by atoms with E-state index < -0.39 is 16.1 Å². The Morgan fingerprint density at radius 1 is 1.10 bits per heavy atom. The van der Waals surface area contributed by atoms with Gasteiger partial charge in [-0.25, -0.2) is 13.1 Å². The molecule has 2 heterocycles. The molecular weight excluding hydrogens is 422 g/mol. The quantitative estimate of drug-likeness (QED) is 0.734. The van der Waals surface area contributed by atoms with Crippen LogP contribution >= 0.6 is 11.3 Å². The molecule has 0 bridgehead atoms. The summed E-state index contributed by atoms with van der Waals surface area (Å²) in [6, 6.07) is 12.1. The lowest BCUT2D eigenvalue weighted by Crippen LogP contribution is -2.43. The maximum atomic E-state index is 13.1. The monoisotopic (exact) mass is 449 g/mol. The van der Waals surface area contributed by atoms with E-state index in [0.29, 0.717) is 13.1 Å². The fraction of sp³-hybridized carbons (Fsp3) is 0.429. The minimum absolute atomic E-state index is 0.109. The number of thiophene rings is 1. The summed E-state index contributed by atoms with van der Waals surface area (Å²) in [6.45, 7) is 0.770. The van der Waals surface area contributed by atoms with Gasteiger partial charge in [0.1, 0.15) is 4.21 Å². The molecular formula is C21H27N3O4S2. The van der Waals surface area contributed by atoms with Gasteiger partial charge in [0.05, 0.1) is 19.0 Å². The SMILES string of the molecule is O=C1CC(c2ccccc2)N(C(=O)CNS(=O)(=O)c2cccs2)CCCCCCN1. The van der Waals surface area contributed by atoms with Gasteiger partial charge in [-0.15, -0.1) is 11.3 Å². The molecule has 30 heavy (non-hydrogen) atoms. The van der Waals surface area contributed by atoms with Crippen molar-refractivity contribution in [2.45, 2.75) is 42.4 Å². The molecule has 1 fully saturated rings. The summed E-state index contributed by atoms with van der Waals surface area (Å²) in [5, 5.41) is 4.60. The minimum Gasteiger partial charge on any atom is -0.356 e. The predicted molar refractivity (Wildman–Crippen MR) is 116 cm³/mol. The summed E-state index contributed by atoms with van der Waals surface area (Å²) in [5.41, 5.74) is 0.862. The second-order valence-corrected chi connectivity index (χ2v) is 10.2. The average Bonchev–Trinajstić information content (AvgIpc) is 3.28. The first-order valence-corrected chi connectivity index (χ1v) is 12.5. The number of nitrogens with one attached hydrogen (secondary N) is 2. The third kappa shape index (κ3) is 6.13.